The average Bonchev–Trinajstić information content (AvgIpc) is 2.94. The van der Waals surface area contributed by atoms with Gasteiger partial charge in [0.1, 0.15) is 11.4 Å². The fourth-order valence-corrected chi connectivity index (χ4v) is 3.88. The van der Waals surface area contributed by atoms with Crippen molar-refractivity contribution < 1.29 is 19.7 Å². The van der Waals surface area contributed by atoms with Gasteiger partial charge in [-0.2, -0.15) is 0 Å². The maximum absolute atomic E-state index is 12.3. The number of aromatic nitrogens is 1. The van der Waals surface area contributed by atoms with Crippen LogP contribution in [0.5, 0.6) is 11.6 Å². The zero-order valence-corrected chi connectivity index (χ0v) is 19.1. The number of hydrogen-bond acceptors (Lipinski definition) is 5. The number of carbonyl (C=O) groups excluding carboxylic acids is 1. The number of aromatic amines is 1. The van der Waals surface area contributed by atoms with Crippen LogP contribution < -0.4 is 0 Å². The number of aliphatic imine (C=N–C) groups is 1. The molecule has 2 heterocycles. The number of H-pyrrole nitrogens is 1. The molecule has 7 nitrogen and oxygen atoms in total. The lowest BCUT2D eigenvalue weighted by Gasteiger charge is -2.38. The highest BCUT2D eigenvalue weighted by Crippen LogP contribution is 2.33. The zero-order valence-electron chi connectivity index (χ0n) is 17.5. The van der Waals surface area contributed by atoms with E-state index >= 15 is 0 Å². The minimum Gasteiger partial charge on any atom is -0.508 e. The molecule has 4 rings (SSSR count). The van der Waals surface area contributed by atoms with Crippen LogP contribution in [0.25, 0.3) is 10.9 Å². The number of amides is 1. The Hall–Kier alpha value is -3.00. The second-order valence-electron chi connectivity index (χ2n) is 8.61. The minimum absolute atomic E-state index is 0.00138. The monoisotopic (exact) mass is 485 g/mol. The molecule has 0 saturated carbocycles. The third kappa shape index (κ3) is 4.54. The van der Waals surface area contributed by atoms with Gasteiger partial charge in [-0.05, 0) is 51.1 Å². The Labute approximate surface area is 188 Å². The maximum Gasteiger partial charge on any atom is 0.410 e. The molecule has 0 atom stereocenters. The van der Waals surface area contributed by atoms with Gasteiger partial charge in [-0.15, -0.1) is 0 Å². The number of rotatable bonds is 3. The number of halogens is 1. The molecule has 0 unspecified atom stereocenters. The van der Waals surface area contributed by atoms with Crippen molar-refractivity contribution in [1.29, 1.82) is 0 Å². The summed E-state index contributed by atoms with van der Waals surface area (Å²) >= 11 is 3.48. The van der Waals surface area contributed by atoms with Gasteiger partial charge in [0.15, 0.2) is 5.88 Å². The van der Waals surface area contributed by atoms with Crippen molar-refractivity contribution in [1.82, 2.24) is 9.88 Å². The molecule has 8 heteroatoms. The number of likely N-dealkylation sites (tertiary alicyclic amines) is 1. The molecule has 0 aliphatic carbocycles. The zero-order chi connectivity index (χ0) is 22.3. The second-order valence-corrected chi connectivity index (χ2v) is 9.52. The van der Waals surface area contributed by atoms with Crippen LogP contribution in [0.15, 0.2) is 51.9 Å². The predicted octanol–water partition coefficient (Wildman–Crippen LogP) is 4.80. The average molecular weight is 486 g/mol. The van der Waals surface area contributed by atoms with Crippen molar-refractivity contribution in [2.24, 2.45) is 4.99 Å². The lowest BCUT2D eigenvalue weighted by atomic mass is 9.99. The normalized spacial score (nSPS) is 15.2. The summed E-state index contributed by atoms with van der Waals surface area (Å²) in [6, 6.07) is 12.3. The summed E-state index contributed by atoms with van der Waals surface area (Å²) in [5, 5.41) is 21.5. The van der Waals surface area contributed by atoms with E-state index < -0.39 is 5.60 Å². The number of hydrogen-bond donors (Lipinski definition) is 3. The smallest absolute Gasteiger partial charge is 0.410 e. The van der Waals surface area contributed by atoms with E-state index in [0.717, 1.165) is 15.4 Å². The predicted molar refractivity (Wildman–Crippen MR) is 123 cm³/mol. The quantitative estimate of drug-likeness (QED) is 0.464. The van der Waals surface area contributed by atoms with Crippen molar-refractivity contribution in [2.75, 3.05) is 13.1 Å². The largest absolute Gasteiger partial charge is 0.508 e. The van der Waals surface area contributed by atoms with E-state index in [-0.39, 0.29) is 23.8 Å². The van der Waals surface area contributed by atoms with Gasteiger partial charge in [0.2, 0.25) is 0 Å². The molecule has 3 aromatic rings. The fraction of sp³-hybridized carbons (Fsp3) is 0.304. The van der Waals surface area contributed by atoms with E-state index in [1.165, 1.54) is 0 Å². The Balaban J connectivity index is 1.71. The Morgan fingerprint density at radius 3 is 2.61 bits per heavy atom. The molecule has 1 amide bonds. The first kappa shape index (κ1) is 21.2. The lowest BCUT2D eigenvalue weighted by molar-refractivity contribution is 0.00907. The van der Waals surface area contributed by atoms with Gasteiger partial charge in [-0.3, -0.25) is 4.99 Å². The van der Waals surface area contributed by atoms with Gasteiger partial charge >= 0.3 is 6.09 Å². The van der Waals surface area contributed by atoms with Crippen LogP contribution >= 0.6 is 15.9 Å². The van der Waals surface area contributed by atoms with Crippen LogP contribution in [-0.4, -0.2) is 56.6 Å². The molecule has 1 saturated heterocycles. The van der Waals surface area contributed by atoms with Crippen LogP contribution in [0.3, 0.4) is 0 Å². The summed E-state index contributed by atoms with van der Waals surface area (Å²) in [6.45, 7) is 6.34. The molecule has 1 aliphatic rings. The lowest BCUT2D eigenvalue weighted by Crippen LogP contribution is -2.54. The van der Waals surface area contributed by atoms with Crippen LogP contribution in [-0.2, 0) is 4.74 Å². The molecule has 0 spiro atoms. The number of ether oxygens (including phenoxy) is 1. The SMILES string of the molecule is CC(C)(C)OC(=O)N1CC(N=C(c2cccc(O)c2)c2c(O)[nH]c3ccc(Br)cc23)C1. The van der Waals surface area contributed by atoms with Crippen LogP contribution in [0.4, 0.5) is 4.79 Å². The molecule has 162 valence electrons. The third-order valence-corrected chi connectivity index (χ3v) is 5.42. The number of aromatic hydroxyl groups is 2. The van der Waals surface area contributed by atoms with Crippen molar-refractivity contribution in [3.05, 3.63) is 58.1 Å². The third-order valence-electron chi connectivity index (χ3n) is 4.92. The molecule has 1 aromatic heterocycles. The van der Waals surface area contributed by atoms with Crippen LogP contribution in [0.2, 0.25) is 0 Å². The van der Waals surface area contributed by atoms with Crippen LogP contribution in [0, 0.1) is 0 Å². The van der Waals surface area contributed by atoms with E-state index in [2.05, 4.69) is 20.9 Å². The van der Waals surface area contributed by atoms with E-state index in [1.807, 2.05) is 45.0 Å². The van der Waals surface area contributed by atoms with Crippen molar-refractivity contribution in [3.8, 4) is 11.6 Å². The summed E-state index contributed by atoms with van der Waals surface area (Å²) in [6.07, 6.45) is -0.364. The highest BCUT2D eigenvalue weighted by Gasteiger charge is 2.34. The number of carbonyl (C=O) groups is 1. The molecule has 2 aromatic carbocycles. The van der Waals surface area contributed by atoms with Gasteiger partial charge in [-0.25, -0.2) is 4.79 Å². The van der Waals surface area contributed by atoms with Gasteiger partial charge in [-0.1, -0.05) is 28.1 Å². The number of nitrogens with zero attached hydrogens (tertiary/aromatic N) is 2. The molecule has 0 radical (unpaired) electrons. The first-order chi connectivity index (χ1) is 14.6. The fourth-order valence-electron chi connectivity index (χ4n) is 3.52. The number of phenols is 1. The van der Waals surface area contributed by atoms with Crippen LogP contribution in [0.1, 0.15) is 31.9 Å². The van der Waals surface area contributed by atoms with E-state index in [1.54, 1.807) is 23.1 Å². The Bertz CT molecular complexity index is 1170. The Morgan fingerprint density at radius 1 is 1.19 bits per heavy atom. The number of nitrogens with one attached hydrogen (secondary N) is 1. The highest BCUT2D eigenvalue weighted by molar-refractivity contribution is 9.10. The summed E-state index contributed by atoms with van der Waals surface area (Å²) in [7, 11) is 0. The molecule has 3 N–H and O–H groups in total. The number of fused-ring (bicyclic) bond motifs is 1. The van der Waals surface area contributed by atoms with Gasteiger partial charge in [0.05, 0.1) is 17.3 Å². The molecule has 1 fully saturated rings. The number of benzene rings is 2. The maximum atomic E-state index is 12.3. The Kier molecular flexibility index (Phi) is 5.43. The second kappa shape index (κ2) is 7.92. The highest BCUT2D eigenvalue weighted by atomic mass is 79.9. The molecular formula is C23H24BrN3O4. The molecular weight excluding hydrogens is 462 g/mol. The van der Waals surface area contributed by atoms with Gasteiger partial charge in [0.25, 0.3) is 0 Å². The Morgan fingerprint density at radius 2 is 1.94 bits per heavy atom. The molecule has 31 heavy (non-hydrogen) atoms. The standard InChI is InChI=1S/C23H24BrN3O4/c1-23(2,3)31-22(30)27-11-15(12-27)25-20(13-5-4-6-16(28)9-13)19-17-10-14(24)7-8-18(17)26-21(19)29/h4-10,15,26,28-29H,11-12H2,1-3H3. The first-order valence-corrected chi connectivity index (χ1v) is 10.8. The van der Waals surface area contributed by atoms with Crippen molar-refractivity contribution in [2.45, 2.75) is 32.4 Å². The van der Waals surface area contributed by atoms with Crippen molar-refractivity contribution in [3.63, 3.8) is 0 Å². The van der Waals surface area contributed by atoms with Gasteiger partial charge < -0.3 is 24.8 Å². The topological polar surface area (TPSA) is 98.2 Å². The number of phenolic OH excluding ortho intramolecular Hbond substituents is 1. The first-order valence-electron chi connectivity index (χ1n) is 9.96. The van der Waals surface area contributed by atoms with E-state index in [0.29, 0.717) is 29.9 Å². The van der Waals surface area contributed by atoms with Gasteiger partial charge in [0, 0.05) is 34.0 Å². The summed E-state index contributed by atoms with van der Waals surface area (Å²) < 4.78 is 6.28. The minimum atomic E-state index is -0.554. The van der Waals surface area contributed by atoms with E-state index in [9.17, 15) is 15.0 Å². The van der Waals surface area contributed by atoms with E-state index in [4.69, 9.17) is 9.73 Å². The molecule has 0 bridgehead atoms. The summed E-state index contributed by atoms with van der Waals surface area (Å²) in [4.78, 5) is 21.7. The van der Waals surface area contributed by atoms with Crippen molar-refractivity contribution >= 4 is 38.6 Å². The summed E-state index contributed by atoms with van der Waals surface area (Å²) in [5.41, 5.74) is 1.99. The molecule has 1 aliphatic heterocycles. The summed E-state index contributed by atoms with van der Waals surface area (Å²) in [5.74, 6) is 0.105.